The number of hydrogen-bond acceptors (Lipinski definition) is 6. The Morgan fingerprint density at radius 3 is 0.929 bits per heavy atom. The minimum absolute atomic E-state index is 0.600. The van der Waals surface area contributed by atoms with Crippen molar-refractivity contribution in [1.29, 1.82) is 0 Å². The van der Waals surface area contributed by atoms with Gasteiger partial charge in [0.2, 0.25) is 0 Å². The van der Waals surface area contributed by atoms with Gasteiger partial charge in [0.1, 0.15) is 22.6 Å². The lowest BCUT2D eigenvalue weighted by molar-refractivity contribution is 0.687. The van der Waals surface area contributed by atoms with Crippen molar-refractivity contribution in [2.45, 2.75) is 25.7 Å². The topological polar surface area (TPSA) is 109 Å². The summed E-state index contributed by atoms with van der Waals surface area (Å²) >= 11 is 0. The van der Waals surface area contributed by atoms with Gasteiger partial charge in [0.05, 0.1) is 0 Å². The Hall–Kier alpha value is -7.32. The first-order valence-corrected chi connectivity index (χ1v) is 19.2. The second-order valence-electron chi connectivity index (χ2n) is 15.2. The number of aromatic amines is 2. The Balaban J connectivity index is 1.23. The van der Waals surface area contributed by atoms with Crippen molar-refractivity contribution in [3.8, 4) is 45.6 Å². The lowest BCUT2D eigenvalue weighted by Crippen LogP contribution is -2.01. The van der Waals surface area contributed by atoms with Crippen molar-refractivity contribution in [3.05, 3.63) is 132 Å². The third-order valence-corrected chi connectivity index (χ3v) is 11.9. The van der Waals surface area contributed by atoms with Crippen LogP contribution in [0.1, 0.15) is 24.0 Å². The van der Waals surface area contributed by atoms with Gasteiger partial charge < -0.3 is 9.97 Å². The van der Waals surface area contributed by atoms with E-state index in [9.17, 15) is 0 Å². The number of nitrogens with zero attached hydrogens (tertiary/aromatic N) is 6. The van der Waals surface area contributed by atoms with Crippen LogP contribution < -0.4 is 0 Å². The Morgan fingerprint density at radius 1 is 0.321 bits per heavy atom. The summed E-state index contributed by atoms with van der Waals surface area (Å²) in [5.74, 6) is 2.42. The smallest absolute Gasteiger partial charge is 0.164 e. The van der Waals surface area contributed by atoms with Gasteiger partial charge in [-0.25, -0.2) is 29.9 Å². The average Bonchev–Trinajstić information content (AvgIpc) is 3.95. The van der Waals surface area contributed by atoms with Crippen molar-refractivity contribution >= 4 is 76.5 Å². The van der Waals surface area contributed by atoms with Crippen LogP contribution in [0.15, 0.2) is 121 Å². The van der Waals surface area contributed by atoms with E-state index in [1.807, 2.05) is 0 Å². The molecule has 8 heteroatoms. The summed E-state index contributed by atoms with van der Waals surface area (Å²) in [6.07, 6.45) is 4.49. The molecule has 8 bridgehead atoms. The van der Waals surface area contributed by atoms with Gasteiger partial charge in [-0.2, -0.15) is 0 Å². The zero-order valence-electron chi connectivity index (χ0n) is 30.1. The second kappa shape index (κ2) is 11.1. The Labute approximate surface area is 319 Å². The first-order chi connectivity index (χ1) is 27.7. The standard InChI is InChI=1S/C48H30N8/c1-2-10-26-18-34-33(17-25(26)9-1)41-49-42(34)54-44-37-21-29-13-5-6-14-30(29)22-38(37)46(51-44)56-48-40-24-32-16-8-7-15-31(32)23-39(40)47(52-48)55-45-36-20-28-12-4-3-11-27(28)19-35(36)43(50-45)53-41/h1-6,9-14,17-24H,7-8,15-16H2,(H2,49,50,51,52,53,54,55,56). The predicted molar refractivity (Wildman–Crippen MR) is 225 cm³/mol. The molecule has 3 aliphatic rings. The largest absolute Gasteiger partial charge is 0.324 e. The molecule has 13 rings (SSSR count). The summed E-state index contributed by atoms with van der Waals surface area (Å²) in [7, 11) is 0. The summed E-state index contributed by atoms with van der Waals surface area (Å²) < 4.78 is 0. The molecule has 0 atom stereocenters. The molecule has 10 aromatic rings. The third-order valence-electron chi connectivity index (χ3n) is 11.9. The lowest BCUT2D eigenvalue weighted by atomic mass is 9.90. The minimum atomic E-state index is 0.600. The molecule has 0 radical (unpaired) electrons. The summed E-state index contributed by atoms with van der Waals surface area (Å²) in [5, 5.41) is 10.7. The van der Waals surface area contributed by atoms with E-state index in [1.165, 1.54) is 24.0 Å². The number of benzene rings is 7. The molecule has 8 nitrogen and oxygen atoms in total. The fraction of sp³-hybridized carbons (Fsp3) is 0.0833. The highest BCUT2D eigenvalue weighted by Crippen LogP contribution is 2.41. The van der Waals surface area contributed by atoms with Gasteiger partial charge in [-0.3, -0.25) is 0 Å². The minimum Gasteiger partial charge on any atom is -0.324 e. The molecule has 0 unspecified atom stereocenters. The molecule has 262 valence electrons. The summed E-state index contributed by atoms with van der Waals surface area (Å²) in [6.45, 7) is 0. The molecule has 3 aromatic heterocycles. The fourth-order valence-electron chi connectivity index (χ4n) is 9.08. The second-order valence-corrected chi connectivity index (χ2v) is 15.2. The maximum atomic E-state index is 5.35. The molecule has 0 amide bonds. The van der Waals surface area contributed by atoms with Gasteiger partial charge in [0.15, 0.2) is 23.3 Å². The molecule has 0 saturated carbocycles. The number of hydrogen-bond donors (Lipinski definition) is 2. The van der Waals surface area contributed by atoms with Crippen LogP contribution in [-0.4, -0.2) is 39.9 Å². The van der Waals surface area contributed by atoms with Crippen molar-refractivity contribution in [3.63, 3.8) is 0 Å². The molecule has 5 heterocycles. The Kier molecular flexibility index (Phi) is 5.97. The van der Waals surface area contributed by atoms with Crippen LogP contribution in [0.3, 0.4) is 0 Å². The molecule has 0 saturated heterocycles. The number of H-pyrrole nitrogens is 2. The summed E-state index contributed by atoms with van der Waals surface area (Å²) in [6, 6.07) is 43.0. The molecule has 2 N–H and O–H groups in total. The zero-order chi connectivity index (χ0) is 36.5. The quantitative estimate of drug-likeness (QED) is 0.162. The van der Waals surface area contributed by atoms with Gasteiger partial charge in [0.25, 0.3) is 0 Å². The number of nitrogens with one attached hydrogen (secondary N) is 2. The Morgan fingerprint density at radius 2 is 0.607 bits per heavy atom. The van der Waals surface area contributed by atoms with Crippen molar-refractivity contribution in [2.24, 2.45) is 0 Å². The van der Waals surface area contributed by atoms with E-state index in [0.29, 0.717) is 34.6 Å². The molecular weight excluding hydrogens is 689 g/mol. The first-order valence-electron chi connectivity index (χ1n) is 19.2. The van der Waals surface area contributed by atoms with E-state index >= 15 is 0 Å². The SMILES string of the molecule is c1ccc2cc3c(cc2c1)-c1nc-3nc2[nH]c(nc3nc(nc4[nH]c(n1)c1cc5c(cc41)CCCC5)-c1cc4ccccc4cc1-3)c1cc3ccccc3cc21. The normalized spacial score (nSPS) is 13.4. The number of fused-ring (bicyclic) bond motifs is 24. The van der Waals surface area contributed by atoms with Crippen LogP contribution in [0.25, 0.3) is 122 Å². The van der Waals surface area contributed by atoms with Gasteiger partial charge >= 0.3 is 0 Å². The van der Waals surface area contributed by atoms with E-state index < -0.39 is 0 Å². The van der Waals surface area contributed by atoms with Crippen LogP contribution in [-0.2, 0) is 12.8 Å². The molecule has 1 aliphatic carbocycles. The highest BCUT2D eigenvalue weighted by Gasteiger charge is 2.24. The van der Waals surface area contributed by atoms with Gasteiger partial charge in [-0.15, -0.1) is 0 Å². The van der Waals surface area contributed by atoms with E-state index in [4.69, 9.17) is 29.9 Å². The maximum absolute atomic E-state index is 5.35. The predicted octanol–water partition coefficient (Wildman–Crippen LogP) is 11.2. The van der Waals surface area contributed by atoms with Crippen LogP contribution in [0.5, 0.6) is 0 Å². The Bertz CT molecular complexity index is 3330. The highest BCUT2D eigenvalue weighted by atomic mass is 15.1. The molecule has 7 aromatic carbocycles. The zero-order valence-corrected chi connectivity index (χ0v) is 30.1. The van der Waals surface area contributed by atoms with Crippen molar-refractivity contribution in [2.75, 3.05) is 0 Å². The van der Waals surface area contributed by atoms with Gasteiger partial charge in [0, 0.05) is 43.8 Å². The monoisotopic (exact) mass is 718 g/mol. The molecule has 0 fully saturated rings. The van der Waals surface area contributed by atoms with Crippen molar-refractivity contribution < 1.29 is 0 Å². The first kappa shape index (κ1) is 30.1. The fourth-order valence-corrected chi connectivity index (χ4v) is 9.08. The van der Waals surface area contributed by atoms with E-state index in [2.05, 4.69) is 131 Å². The van der Waals surface area contributed by atoms with Crippen LogP contribution in [0.4, 0.5) is 0 Å². The van der Waals surface area contributed by atoms with E-state index in [1.54, 1.807) is 0 Å². The summed E-state index contributed by atoms with van der Waals surface area (Å²) in [5.41, 5.74) is 9.33. The lowest BCUT2D eigenvalue weighted by Gasteiger charge is -2.15. The highest BCUT2D eigenvalue weighted by molar-refractivity contribution is 6.12. The van der Waals surface area contributed by atoms with E-state index in [-0.39, 0.29) is 0 Å². The molecular formula is C48H30N8. The average molecular weight is 719 g/mol. The number of rotatable bonds is 0. The van der Waals surface area contributed by atoms with Crippen LogP contribution in [0, 0.1) is 0 Å². The number of aryl methyl sites for hydroxylation is 2. The summed E-state index contributed by atoms with van der Waals surface area (Å²) in [4.78, 5) is 39.1. The maximum Gasteiger partial charge on any atom is 0.164 e. The van der Waals surface area contributed by atoms with E-state index in [0.717, 1.165) is 100 Å². The molecule has 0 spiro atoms. The molecule has 2 aliphatic heterocycles. The van der Waals surface area contributed by atoms with Gasteiger partial charge in [-0.05, 0) is 118 Å². The van der Waals surface area contributed by atoms with Crippen molar-refractivity contribution in [1.82, 2.24) is 39.9 Å². The van der Waals surface area contributed by atoms with Crippen LogP contribution in [0.2, 0.25) is 0 Å². The van der Waals surface area contributed by atoms with Gasteiger partial charge in [-0.1, -0.05) is 72.8 Å². The molecule has 56 heavy (non-hydrogen) atoms. The third kappa shape index (κ3) is 4.41. The van der Waals surface area contributed by atoms with Crippen LogP contribution >= 0.6 is 0 Å². The number of aromatic nitrogens is 8.